The number of halogens is 1. The maximum Gasteiger partial charge on any atom is 0.260 e. The highest BCUT2D eigenvalue weighted by atomic mass is 19.1. The number of ether oxygens (including phenoxy) is 1. The predicted octanol–water partition coefficient (Wildman–Crippen LogP) is 1.48. The van der Waals surface area contributed by atoms with Crippen molar-refractivity contribution in [3.8, 4) is 5.75 Å². The van der Waals surface area contributed by atoms with Crippen LogP contribution in [0.1, 0.15) is 6.04 Å². The van der Waals surface area contributed by atoms with Gasteiger partial charge >= 0.3 is 0 Å². The van der Waals surface area contributed by atoms with Gasteiger partial charge in [-0.2, -0.15) is 0 Å². The van der Waals surface area contributed by atoms with E-state index in [1.54, 1.807) is 17.4 Å². The normalized spacial score (nSPS) is 14.9. The van der Waals surface area contributed by atoms with Crippen LogP contribution in [0.15, 0.2) is 43.0 Å². The number of hydrogen-bond donors (Lipinski definition) is 0. The second-order valence-electron chi connectivity index (χ2n) is 4.71. The lowest BCUT2D eigenvalue weighted by atomic mass is 10.1. The van der Waals surface area contributed by atoms with E-state index in [4.69, 9.17) is 4.74 Å². The van der Waals surface area contributed by atoms with Crippen LogP contribution in [-0.4, -0.2) is 40.1 Å². The molecular formula is C14H14FN3O2. The largest absolute Gasteiger partial charge is 0.484 e. The molecule has 1 amide bonds. The summed E-state index contributed by atoms with van der Waals surface area (Å²) in [6.45, 7) is 1.31. The van der Waals surface area contributed by atoms with Crippen molar-refractivity contribution in [2.75, 3.05) is 19.7 Å². The lowest BCUT2D eigenvalue weighted by Crippen LogP contribution is -2.52. The van der Waals surface area contributed by atoms with Gasteiger partial charge < -0.3 is 14.2 Å². The van der Waals surface area contributed by atoms with Crippen LogP contribution in [0, 0.1) is 5.82 Å². The lowest BCUT2D eigenvalue weighted by molar-refractivity contribution is -0.139. The molecule has 1 aliphatic rings. The van der Waals surface area contributed by atoms with Crippen LogP contribution in [0.4, 0.5) is 4.39 Å². The average molecular weight is 275 g/mol. The molecule has 0 radical (unpaired) electrons. The van der Waals surface area contributed by atoms with Gasteiger partial charge in [0.05, 0.1) is 12.4 Å². The van der Waals surface area contributed by atoms with Gasteiger partial charge in [0.15, 0.2) is 6.61 Å². The number of nitrogens with zero attached hydrogens (tertiary/aromatic N) is 3. The van der Waals surface area contributed by atoms with Crippen molar-refractivity contribution < 1.29 is 13.9 Å². The van der Waals surface area contributed by atoms with Gasteiger partial charge in [0.1, 0.15) is 11.6 Å². The van der Waals surface area contributed by atoms with Gasteiger partial charge in [-0.05, 0) is 24.3 Å². The summed E-state index contributed by atoms with van der Waals surface area (Å²) in [5.41, 5.74) is 0. The van der Waals surface area contributed by atoms with Crippen LogP contribution in [0.2, 0.25) is 0 Å². The first-order chi connectivity index (χ1) is 9.72. The van der Waals surface area contributed by atoms with Crippen LogP contribution in [0.3, 0.4) is 0 Å². The molecule has 6 heteroatoms. The van der Waals surface area contributed by atoms with Gasteiger partial charge in [-0.1, -0.05) is 0 Å². The van der Waals surface area contributed by atoms with Crippen molar-refractivity contribution in [3.63, 3.8) is 0 Å². The number of carbonyl (C=O) groups excluding carboxylic acids is 1. The number of aromatic nitrogens is 2. The van der Waals surface area contributed by atoms with Gasteiger partial charge in [0.2, 0.25) is 0 Å². The van der Waals surface area contributed by atoms with Crippen molar-refractivity contribution in [1.82, 2.24) is 14.5 Å². The molecule has 1 aromatic heterocycles. The first-order valence-electron chi connectivity index (χ1n) is 6.36. The molecule has 0 bridgehead atoms. The fraction of sp³-hybridized carbons (Fsp3) is 0.286. The third kappa shape index (κ3) is 2.64. The molecule has 1 aromatic carbocycles. The molecule has 1 aliphatic heterocycles. The topological polar surface area (TPSA) is 47.4 Å². The highest BCUT2D eigenvalue weighted by molar-refractivity contribution is 5.78. The van der Waals surface area contributed by atoms with E-state index in [9.17, 15) is 9.18 Å². The SMILES string of the molecule is O=C(COc1ccc(F)cc1)N1CC(n2ccnc2)C1. The third-order valence-electron chi connectivity index (χ3n) is 3.34. The molecule has 1 fully saturated rings. The molecule has 0 unspecified atom stereocenters. The van der Waals surface area contributed by atoms with Crippen molar-refractivity contribution in [3.05, 3.63) is 48.8 Å². The summed E-state index contributed by atoms with van der Waals surface area (Å²) in [5, 5.41) is 0. The Bertz CT molecular complexity index is 577. The van der Waals surface area contributed by atoms with Gasteiger partial charge in [-0.25, -0.2) is 9.37 Å². The summed E-state index contributed by atoms with van der Waals surface area (Å²) in [5.74, 6) is 0.103. The molecule has 3 rings (SSSR count). The Hall–Kier alpha value is -2.37. The third-order valence-corrected chi connectivity index (χ3v) is 3.34. The molecule has 2 aromatic rings. The molecular weight excluding hydrogens is 261 g/mol. The molecule has 0 atom stereocenters. The summed E-state index contributed by atoms with van der Waals surface area (Å²) in [6.07, 6.45) is 5.37. The van der Waals surface area contributed by atoms with Crippen molar-refractivity contribution in [1.29, 1.82) is 0 Å². The first kappa shape index (κ1) is 12.7. The van der Waals surface area contributed by atoms with Crippen LogP contribution in [0.25, 0.3) is 0 Å². The average Bonchev–Trinajstić information content (AvgIpc) is 2.90. The minimum atomic E-state index is -0.324. The summed E-state index contributed by atoms with van der Waals surface area (Å²) in [6, 6.07) is 5.92. The molecule has 104 valence electrons. The second-order valence-corrected chi connectivity index (χ2v) is 4.71. The number of imidazole rings is 1. The van der Waals surface area contributed by atoms with Gasteiger partial charge in [0, 0.05) is 25.5 Å². The monoisotopic (exact) mass is 275 g/mol. The fourth-order valence-corrected chi connectivity index (χ4v) is 2.10. The van der Waals surface area contributed by atoms with Crippen LogP contribution in [-0.2, 0) is 4.79 Å². The zero-order valence-electron chi connectivity index (χ0n) is 10.8. The minimum Gasteiger partial charge on any atom is -0.484 e. The quantitative estimate of drug-likeness (QED) is 0.849. The van der Waals surface area contributed by atoms with Crippen LogP contribution in [0.5, 0.6) is 5.75 Å². The second kappa shape index (κ2) is 5.32. The van der Waals surface area contributed by atoms with E-state index in [0.29, 0.717) is 24.9 Å². The number of benzene rings is 1. The summed E-state index contributed by atoms with van der Waals surface area (Å²) < 4.78 is 20.0. The molecule has 0 spiro atoms. The van der Waals surface area contributed by atoms with E-state index in [1.165, 1.54) is 24.3 Å². The van der Waals surface area contributed by atoms with E-state index in [0.717, 1.165) is 0 Å². The Morgan fingerprint density at radius 3 is 2.75 bits per heavy atom. The zero-order valence-corrected chi connectivity index (χ0v) is 10.8. The Morgan fingerprint density at radius 2 is 2.10 bits per heavy atom. The maximum absolute atomic E-state index is 12.7. The van der Waals surface area contributed by atoms with Gasteiger partial charge in [-0.15, -0.1) is 0 Å². The highest BCUT2D eigenvalue weighted by Gasteiger charge is 2.31. The Morgan fingerprint density at radius 1 is 1.35 bits per heavy atom. The number of carbonyl (C=O) groups is 1. The van der Waals surface area contributed by atoms with Gasteiger partial charge in [0.25, 0.3) is 5.91 Å². The highest BCUT2D eigenvalue weighted by Crippen LogP contribution is 2.21. The van der Waals surface area contributed by atoms with E-state index in [1.807, 2.05) is 10.8 Å². The predicted molar refractivity (Wildman–Crippen MR) is 69.7 cm³/mol. The number of amides is 1. The molecule has 5 nitrogen and oxygen atoms in total. The summed E-state index contributed by atoms with van der Waals surface area (Å²) >= 11 is 0. The van der Waals surface area contributed by atoms with E-state index >= 15 is 0 Å². The van der Waals surface area contributed by atoms with Crippen molar-refractivity contribution >= 4 is 5.91 Å². The van der Waals surface area contributed by atoms with E-state index in [2.05, 4.69) is 4.98 Å². The maximum atomic E-state index is 12.7. The van der Waals surface area contributed by atoms with Crippen LogP contribution >= 0.6 is 0 Å². The van der Waals surface area contributed by atoms with E-state index in [-0.39, 0.29) is 18.3 Å². The first-order valence-corrected chi connectivity index (χ1v) is 6.36. The molecule has 2 heterocycles. The van der Waals surface area contributed by atoms with Gasteiger partial charge in [-0.3, -0.25) is 4.79 Å². The Kier molecular flexibility index (Phi) is 3.37. The fourth-order valence-electron chi connectivity index (χ4n) is 2.10. The zero-order chi connectivity index (χ0) is 13.9. The molecule has 20 heavy (non-hydrogen) atoms. The standard InChI is InChI=1S/C14H14FN3O2/c15-11-1-3-13(4-2-11)20-9-14(19)18-7-12(8-18)17-6-5-16-10-17/h1-6,10,12H,7-9H2. The summed E-state index contributed by atoms with van der Waals surface area (Å²) in [7, 11) is 0. The number of rotatable bonds is 4. The van der Waals surface area contributed by atoms with E-state index < -0.39 is 0 Å². The molecule has 0 saturated carbocycles. The van der Waals surface area contributed by atoms with Crippen molar-refractivity contribution in [2.24, 2.45) is 0 Å². The molecule has 1 saturated heterocycles. The lowest BCUT2D eigenvalue weighted by Gasteiger charge is -2.39. The number of hydrogen-bond acceptors (Lipinski definition) is 3. The van der Waals surface area contributed by atoms with Crippen LogP contribution < -0.4 is 4.74 Å². The molecule has 0 aliphatic carbocycles. The minimum absolute atomic E-state index is 0.0255. The Labute approximate surface area is 115 Å². The smallest absolute Gasteiger partial charge is 0.260 e. The molecule has 0 N–H and O–H groups in total. The Balaban J connectivity index is 1.46. The summed E-state index contributed by atoms with van der Waals surface area (Å²) in [4.78, 5) is 17.6. The number of likely N-dealkylation sites (tertiary alicyclic amines) is 1. The van der Waals surface area contributed by atoms with Crippen molar-refractivity contribution in [2.45, 2.75) is 6.04 Å².